The Morgan fingerprint density at radius 1 is 0.964 bits per heavy atom. The van der Waals surface area contributed by atoms with Gasteiger partial charge < -0.3 is 14.2 Å². The molecule has 0 saturated heterocycles. The maximum atomic E-state index is 12.5. The summed E-state index contributed by atoms with van der Waals surface area (Å²) in [4.78, 5) is 23.0. The van der Waals surface area contributed by atoms with Crippen LogP contribution in [0.5, 0.6) is 5.75 Å². The van der Waals surface area contributed by atoms with Crippen LogP contribution in [0, 0.1) is 0 Å². The second kappa shape index (κ2) is 9.75. The highest BCUT2D eigenvalue weighted by Crippen LogP contribution is 2.21. The van der Waals surface area contributed by atoms with E-state index in [0.717, 1.165) is 0 Å². The lowest BCUT2D eigenvalue weighted by molar-refractivity contribution is -0.145. The predicted molar refractivity (Wildman–Crippen MR) is 102 cm³/mol. The highest BCUT2D eigenvalue weighted by Gasteiger charge is 2.16. The Kier molecular flexibility index (Phi) is 7.39. The molecule has 0 amide bonds. The summed E-state index contributed by atoms with van der Waals surface area (Å²) in [7, 11) is -3.87. The molecule has 0 aromatic heterocycles. The molecular weight excluding hydrogens is 386 g/mol. The number of esters is 2. The standard InChI is InChI=1S/C19H21NO7S/c1-3-25-18(21)13-27-16-7-5-6-15(12-16)20-28(23,24)17-10-8-14(9-11-17)19(22)26-4-2/h5-12,20H,3-4,13H2,1-2H3. The smallest absolute Gasteiger partial charge is 0.344 e. The molecule has 2 aromatic carbocycles. The van der Waals surface area contributed by atoms with Gasteiger partial charge in [-0.25, -0.2) is 18.0 Å². The van der Waals surface area contributed by atoms with Gasteiger partial charge in [0.25, 0.3) is 10.0 Å². The molecule has 0 heterocycles. The highest BCUT2D eigenvalue weighted by molar-refractivity contribution is 7.92. The molecule has 0 unspecified atom stereocenters. The zero-order valence-corrected chi connectivity index (χ0v) is 16.3. The van der Waals surface area contributed by atoms with Gasteiger partial charge >= 0.3 is 11.9 Å². The van der Waals surface area contributed by atoms with E-state index in [2.05, 4.69) is 4.72 Å². The Morgan fingerprint density at radius 3 is 2.29 bits per heavy atom. The number of hydrogen-bond donors (Lipinski definition) is 1. The van der Waals surface area contributed by atoms with Crippen LogP contribution in [0.15, 0.2) is 53.4 Å². The van der Waals surface area contributed by atoms with E-state index in [1.165, 1.54) is 30.3 Å². The normalized spacial score (nSPS) is 10.8. The van der Waals surface area contributed by atoms with Crippen LogP contribution in [-0.2, 0) is 24.3 Å². The van der Waals surface area contributed by atoms with Crippen molar-refractivity contribution in [1.29, 1.82) is 0 Å². The zero-order valence-electron chi connectivity index (χ0n) is 15.5. The fourth-order valence-electron chi connectivity index (χ4n) is 2.19. The molecule has 2 aromatic rings. The lowest BCUT2D eigenvalue weighted by atomic mass is 10.2. The number of hydrogen-bond acceptors (Lipinski definition) is 7. The van der Waals surface area contributed by atoms with Gasteiger partial charge in [-0.3, -0.25) is 4.72 Å². The van der Waals surface area contributed by atoms with Gasteiger partial charge in [0, 0.05) is 6.07 Å². The minimum absolute atomic E-state index is 0.0154. The molecule has 150 valence electrons. The van der Waals surface area contributed by atoms with Crippen molar-refractivity contribution < 1.29 is 32.2 Å². The van der Waals surface area contributed by atoms with Crippen LogP contribution >= 0.6 is 0 Å². The van der Waals surface area contributed by atoms with Crippen molar-refractivity contribution in [2.24, 2.45) is 0 Å². The van der Waals surface area contributed by atoms with E-state index in [-0.39, 0.29) is 36.0 Å². The first-order valence-electron chi connectivity index (χ1n) is 8.54. The average molecular weight is 407 g/mol. The average Bonchev–Trinajstić information content (AvgIpc) is 2.67. The van der Waals surface area contributed by atoms with E-state index < -0.39 is 22.0 Å². The molecule has 8 nitrogen and oxygen atoms in total. The van der Waals surface area contributed by atoms with E-state index in [1.807, 2.05) is 0 Å². The Bertz CT molecular complexity index is 924. The predicted octanol–water partition coefficient (Wildman–Crippen LogP) is 2.61. The minimum Gasteiger partial charge on any atom is -0.482 e. The molecule has 2 rings (SSSR count). The Morgan fingerprint density at radius 2 is 1.64 bits per heavy atom. The number of anilines is 1. The molecule has 0 atom stereocenters. The Hall–Kier alpha value is -3.07. The van der Waals surface area contributed by atoms with Crippen molar-refractivity contribution in [3.63, 3.8) is 0 Å². The van der Waals surface area contributed by atoms with Gasteiger partial charge in [-0.2, -0.15) is 0 Å². The number of carbonyl (C=O) groups excluding carboxylic acids is 2. The van der Waals surface area contributed by atoms with Crippen molar-refractivity contribution in [3.8, 4) is 5.75 Å². The highest BCUT2D eigenvalue weighted by atomic mass is 32.2. The molecule has 28 heavy (non-hydrogen) atoms. The van der Waals surface area contributed by atoms with Gasteiger partial charge in [-0.15, -0.1) is 0 Å². The number of sulfonamides is 1. The summed E-state index contributed by atoms with van der Waals surface area (Å²) >= 11 is 0. The number of rotatable bonds is 9. The molecule has 1 N–H and O–H groups in total. The van der Waals surface area contributed by atoms with Gasteiger partial charge in [-0.1, -0.05) is 6.07 Å². The summed E-state index contributed by atoms with van der Waals surface area (Å²) in [6.45, 7) is 3.57. The van der Waals surface area contributed by atoms with Crippen LogP contribution in [0.3, 0.4) is 0 Å². The lowest BCUT2D eigenvalue weighted by Gasteiger charge is -2.11. The summed E-state index contributed by atoms with van der Waals surface area (Å²) in [6.07, 6.45) is 0. The molecule has 9 heteroatoms. The van der Waals surface area contributed by atoms with Crippen molar-refractivity contribution in [2.45, 2.75) is 18.7 Å². The van der Waals surface area contributed by atoms with Crippen molar-refractivity contribution >= 4 is 27.6 Å². The van der Waals surface area contributed by atoms with Crippen molar-refractivity contribution in [2.75, 3.05) is 24.5 Å². The largest absolute Gasteiger partial charge is 0.482 e. The monoisotopic (exact) mass is 407 g/mol. The second-order valence-electron chi connectivity index (χ2n) is 5.47. The van der Waals surface area contributed by atoms with Crippen molar-refractivity contribution in [1.82, 2.24) is 0 Å². The van der Waals surface area contributed by atoms with Gasteiger partial charge in [0.05, 0.1) is 29.4 Å². The van der Waals surface area contributed by atoms with Gasteiger partial charge in [0.2, 0.25) is 0 Å². The lowest BCUT2D eigenvalue weighted by Crippen LogP contribution is -2.15. The fourth-order valence-corrected chi connectivity index (χ4v) is 3.24. The van der Waals surface area contributed by atoms with Crippen LogP contribution in [0.4, 0.5) is 5.69 Å². The fraction of sp³-hybridized carbons (Fsp3) is 0.263. The number of ether oxygens (including phenoxy) is 3. The van der Waals surface area contributed by atoms with Crippen LogP contribution in [0.25, 0.3) is 0 Å². The van der Waals surface area contributed by atoms with Gasteiger partial charge in [0.1, 0.15) is 5.75 Å². The third-order valence-corrected chi connectivity index (χ3v) is 4.82. The summed E-state index contributed by atoms with van der Waals surface area (Å²) < 4.78 is 42.4. The summed E-state index contributed by atoms with van der Waals surface area (Å²) in [6, 6.07) is 11.6. The maximum absolute atomic E-state index is 12.5. The summed E-state index contributed by atoms with van der Waals surface area (Å²) in [5, 5.41) is 0. The zero-order chi connectivity index (χ0) is 20.6. The first kappa shape index (κ1) is 21.2. The molecule has 0 aliphatic carbocycles. The second-order valence-corrected chi connectivity index (χ2v) is 7.15. The van der Waals surface area contributed by atoms with Crippen LogP contribution < -0.4 is 9.46 Å². The summed E-state index contributed by atoms with van der Waals surface area (Å²) in [5.74, 6) is -0.730. The molecule has 0 fully saturated rings. The maximum Gasteiger partial charge on any atom is 0.344 e. The number of carbonyl (C=O) groups is 2. The van der Waals surface area contributed by atoms with Crippen molar-refractivity contribution in [3.05, 3.63) is 54.1 Å². The molecule has 0 saturated carbocycles. The Labute approximate surface area is 163 Å². The van der Waals surface area contributed by atoms with E-state index in [1.54, 1.807) is 32.0 Å². The topological polar surface area (TPSA) is 108 Å². The quantitative estimate of drug-likeness (QED) is 0.637. The summed E-state index contributed by atoms with van der Waals surface area (Å²) in [5.41, 5.74) is 0.519. The third kappa shape index (κ3) is 5.98. The van der Waals surface area contributed by atoms with Crippen LogP contribution in [0.2, 0.25) is 0 Å². The minimum atomic E-state index is -3.87. The molecule has 0 bridgehead atoms. The Balaban J connectivity index is 2.08. The first-order chi connectivity index (χ1) is 13.4. The van der Waals surface area contributed by atoms with Crippen LogP contribution in [-0.4, -0.2) is 40.2 Å². The molecule has 0 aliphatic rings. The molecule has 0 spiro atoms. The van der Waals surface area contributed by atoms with Gasteiger partial charge in [-0.05, 0) is 50.2 Å². The number of benzene rings is 2. The van der Waals surface area contributed by atoms with E-state index >= 15 is 0 Å². The van der Waals surface area contributed by atoms with E-state index in [0.29, 0.717) is 5.75 Å². The third-order valence-electron chi connectivity index (χ3n) is 3.42. The molecule has 0 radical (unpaired) electrons. The van der Waals surface area contributed by atoms with Crippen LogP contribution in [0.1, 0.15) is 24.2 Å². The number of nitrogens with one attached hydrogen (secondary N) is 1. The molecule has 0 aliphatic heterocycles. The van der Waals surface area contributed by atoms with E-state index in [4.69, 9.17) is 14.2 Å². The SMILES string of the molecule is CCOC(=O)COc1cccc(NS(=O)(=O)c2ccc(C(=O)OCC)cc2)c1. The van der Waals surface area contributed by atoms with Gasteiger partial charge in [0.15, 0.2) is 6.61 Å². The first-order valence-corrected chi connectivity index (χ1v) is 10.0. The molecular formula is C19H21NO7S. The van der Waals surface area contributed by atoms with E-state index in [9.17, 15) is 18.0 Å².